The summed E-state index contributed by atoms with van der Waals surface area (Å²) in [6, 6.07) is 0. The van der Waals surface area contributed by atoms with Crippen molar-refractivity contribution in [1.29, 1.82) is 0 Å². The molecule has 1 heterocycles. The highest BCUT2D eigenvalue weighted by Crippen LogP contribution is 2.17. The summed E-state index contributed by atoms with van der Waals surface area (Å²) in [6.45, 7) is 3.02. The molecule has 4 nitrogen and oxygen atoms in total. The molecule has 0 bridgehead atoms. The summed E-state index contributed by atoms with van der Waals surface area (Å²) in [4.78, 5) is 21.1. The number of hydrogen-bond donors (Lipinski definition) is 0. The Balaban J connectivity index is 2.46. The Bertz CT molecular complexity index is 187. The average molecular weight is 158 g/mol. The van der Waals surface area contributed by atoms with E-state index in [-0.39, 0.29) is 30.6 Å². The third kappa shape index (κ3) is 1.93. The van der Waals surface area contributed by atoms with Crippen molar-refractivity contribution >= 4 is 11.9 Å². The fraction of sp³-hybridized carbons (Fsp3) is 0.714. The summed E-state index contributed by atoms with van der Waals surface area (Å²) < 4.78 is 9.57. The molecule has 0 amide bonds. The highest BCUT2D eigenvalue weighted by molar-refractivity contribution is 5.74. The van der Waals surface area contributed by atoms with Gasteiger partial charge in [-0.2, -0.15) is 0 Å². The van der Waals surface area contributed by atoms with Crippen molar-refractivity contribution in [2.75, 3.05) is 0 Å². The fourth-order valence-electron chi connectivity index (χ4n) is 1.01. The smallest absolute Gasteiger partial charge is 0.310 e. The van der Waals surface area contributed by atoms with Gasteiger partial charge in [0.2, 0.25) is 0 Å². The van der Waals surface area contributed by atoms with Crippen LogP contribution in [-0.4, -0.2) is 24.1 Å². The molecular weight excluding hydrogens is 148 g/mol. The minimum Gasteiger partial charge on any atom is -0.459 e. The average Bonchev–Trinajstić information content (AvgIpc) is 2.09. The Morgan fingerprint density at radius 1 is 1.73 bits per heavy atom. The largest absolute Gasteiger partial charge is 0.459 e. The van der Waals surface area contributed by atoms with Crippen LogP contribution in [0.2, 0.25) is 0 Å². The Hall–Kier alpha value is -1.06. The summed E-state index contributed by atoms with van der Waals surface area (Å²) >= 11 is 0. The molecule has 0 aromatic carbocycles. The van der Waals surface area contributed by atoms with E-state index in [0.29, 0.717) is 0 Å². The Morgan fingerprint density at radius 2 is 2.36 bits per heavy atom. The second-order valence-electron chi connectivity index (χ2n) is 2.55. The van der Waals surface area contributed by atoms with Crippen LogP contribution in [0.3, 0.4) is 0 Å². The molecule has 1 aliphatic rings. The van der Waals surface area contributed by atoms with Gasteiger partial charge in [-0.3, -0.25) is 9.59 Å². The summed E-state index contributed by atoms with van der Waals surface area (Å²) in [7, 11) is 0. The van der Waals surface area contributed by atoms with Crippen molar-refractivity contribution in [2.24, 2.45) is 0 Å². The Labute approximate surface area is 64.5 Å². The molecule has 1 fully saturated rings. The van der Waals surface area contributed by atoms with Gasteiger partial charge in [0, 0.05) is 6.92 Å². The van der Waals surface area contributed by atoms with Crippen LogP contribution >= 0.6 is 0 Å². The van der Waals surface area contributed by atoms with E-state index >= 15 is 0 Å². The van der Waals surface area contributed by atoms with Gasteiger partial charge in [0.1, 0.15) is 12.2 Å². The lowest BCUT2D eigenvalue weighted by atomic mass is 10.2. The van der Waals surface area contributed by atoms with Gasteiger partial charge in [0.25, 0.3) is 0 Å². The van der Waals surface area contributed by atoms with Gasteiger partial charge in [-0.1, -0.05) is 0 Å². The molecule has 0 N–H and O–H groups in total. The molecule has 2 atom stereocenters. The molecule has 1 rings (SSSR count). The van der Waals surface area contributed by atoms with Crippen LogP contribution in [0.25, 0.3) is 0 Å². The Morgan fingerprint density at radius 3 is 2.73 bits per heavy atom. The van der Waals surface area contributed by atoms with Gasteiger partial charge in [-0.15, -0.1) is 0 Å². The number of esters is 2. The third-order valence-corrected chi connectivity index (χ3v) is 1.53. The molecule has 11 heavy (non-hydrogen) atoms. The molecule has 1 saturated heterocycles. The molecule has 1 aliphatic heterocycles. The zero-order valence-electron chi connectivity index (χ0n) is 6.49. The van der Waals surface area contributed by atoms with Crippen molar-refractivity contribution in [1.82, 2.24) is 0 Å². The summed E-state index contributed by atoms with van der Waals surface area (Å²) in [5, 5.41) is 0. The number of carbonyl (C=O) groups excluding carboxylic acids is 2. The monoisotopic (exact) mass is 158 g/mol. The van der Waals surface area contributed by atoms with Gasteiger partial charge in [0.05, 0.1) is 6.42 Å². The third-order valence-electron chi connectivity index (χ3n) is 1.53. The van der Waals surface area contributed by atoms with Crippen LogP contribution < -0.4 is 0 Å². The number of ether oxygens (including phenoxy) is 2. The molecule has 0 unspecified atom stereocenters. The minimum atomic E-state index is -0.389. The van der Waals surface area contributed by atoms with Crippen LogP contribution in [0.4, 0.5) is 0 Å². The van der Waals surface area contributed by atoms with E-state index in [4.69, 9.17) is 9.47 Å². The van der Waals surface area contributed by atoms with Gasteiger partial charge in [-0.05, 0) is 6.92 Å². The first kappa shape index (κ1) is 8.04. The van der Waals surface area contributed by atoms with Gasteiger partial charge >= 0.3 is 11.9 Å². The van der Waals surface area contributed by atoms with E-state index < -0.39 is 0 Å². The quantitative estimate of drug-likeness (QED) is 0.513. The standard InChI is InChI=1S/C7H10O4/c1-4-6(11-5(2)8)3-7(9)10-4/h4,6H,3H2,1-2H3/t4-,6-/m0/s1. The van der Waals surface area contributed by atoms with Gasteiger partial charge in [-0.25, -0.2) is 0 Å². The molecule has 0 aromatic heterocycles. The predicted octanol–water partition coefficient (Wildman–Crippen LogP) is 0.253. The van der Waals surface area contributed by atoms with Crippen LogP contribution in [0, 0.1) is 0 Å². The molecule has 0 aromatic rings. The van der Waals surface area contributed by atoms with Crippen LogP contribution in [-0.2, 0) is 19.1 Å². The number of cyclic esters (lactones) is 1. The molecule has 0 saturated carbocycles. The van der Waals surface area contributed by atoms with E-state index in [1.807, 2.05) is 0 Å². The summed E-state index contributed by atoms with van der Waals surface area (Å²) in [5.41, 5.74) is 0. The number of carbonyl (C=O) groups is 2. The first-order valence-corrected chi connectivity index (χ1v) is 3.46. The highest BCUT2D eigenvalue weighted by Gasteiger charge is 2.33. The van der Waals surface area contributed by atoms with Crippen LogP contribution in [0.1, 0.15) is 20.3 Å². The van der Waals surface area contributed by atoms with Crippen molar-refractivity contribution in [3.63, 3.8) is 0 Å². The van der Waals surface area contributed by atoms with E-state index in [9.17, 15) is 9.59 Å². The number of hydrogen-bond acceptors (Lipinski definition) is 4. The lowest BCUT2D eigenvalue weighted by Gasteiger charge is -2.11. The van der Waals surface area contributed by atoms with Crippen LogP contribution in [0.15, 0.2) is 0 Å². The highest BCUT2D eigenvalue weighted by atomic mass is 16.6. The lowest BCUT2D eigenvalue weighted by molar-refractivity contribution is -0.149. The second-order valence-corrected chi connectivity index (χ2v) is 2.55. The zero-order chi connectivity index (χ0) is 8.43. The predicted molar refractivity (Wildman–Crippen MR) is 35.7 cm³/mol. The van der Waals surface area contributed by atoms with Crippen molar-refractivity contribution in [2.45, 2.75) is 32.5 Å². The maximum atomic E-state index is 10.6. The topological polar surface area (TPSA) is 52.6 Å². The normalized spacial score (nSPS) is 29.8. The first-order chi connectivity index (χ1) is 5.09. The second kappa shape index (κ2) is 2.90. The zero-order valence-corrected chi connectivity index (χ0v) is 6.49. The van der Waals surface area contributed by atoms with Gasteiger partial charge < -0.3 is 9.47 Å². The maximum Gasteiger partial charge on any atom is 0.310 e. The molecule has 0 aliphatic carbocycles. The molecular formula is C7H10O4. The molecule has 0 spiro atoms. The number of rotatable bonds is 1. The van der Waals surface area contributed by atoms with E-state index in [1.54, 1.807) is 6.92 Å². The minimum absolute atomic E-state index is 0.181. The van der Waals surface area contributed by atoms with E-state index in [2.05, 4.69) is 0 Å². The molecule has 4 heteroatoms. The van der Waals surface area contributed by atoms with E-state index in [1.165, 1.54) is 6.92 Å². The van der Waals surface area contributed by atoms with Crippen molar-refractivity contribution in [3.05, 3.63) is 0 Å². The lowest BCUT2D eigenvalue weighted by Crippen LogP contribution is -2.23. The summed E-state index contributed by atoms with van der Waals surface area (Å²) in [6.07, 6.45) is -0.507. The molecule has 62 valence electrons. The SMILES string of the molecule is CC(=O)O[C@H]1CC(=O)O[C@H]1C. The van der Waals surface area contributed by atoms with Crippen molar-refractivity contribution in [3.8, 4) is 0 Å². The Kier molecular flexibility index (Phi) is 2.12. The fourth-order valence-corrected chi connectivity index (χ4v) is 1.01. The van der Waals surface area contributed by atoms with Crippen LogP contribution in [0.5, 0.6) is 0 Å². The van der Waals surface area contributed by atoms with E-state index in [0.717, 1.165) is 0 Å². The van der Waals surface area contributed by atoms with Crippen molar-refractivity contribution < 1.29 is 19.1 Å². The van der Waals surface area contributed by atoms with Gasteiger partial charge in [0.15, 0.2) is 0 Å². The summed E-state index contributed by atoms with van der Waals surface area (Å²) in [5.74, 6) is -0.677. The molecule has 0 radical (unpaired) electrons. The maximum absolute atomic E-state index is 10.6. The first-order valence-electron chi connectivity index (χ1n) is 3.46.